The smallest absolute Gasteiger partial charge is 0.138 e. The van der Waals surface area contributed by atoms with Crippen LogP contribution in [0.3, 0.4) is 0 Å². The van der Waals surface area contributed by atoms with Crippen LogP contribution < -0.4 is 5.32 Å². The summed E-state index contributed by atoms with van der Waals surface area (Å²) in [6, 6.07) is 5.81. The van der Waals surface area contributed by atoms with Gasteiger partial charge in [0.05, 0.1) is 10.7 Å². The zero-order chi connectivity index (χ0) is 13.8. The van der Waals surface area contributed by atoms with E-state index in [2.05, 4.69) is 15.4 Å². The Morgan fingerprint density at radius 3 is 2.95 bits per heavy atom. The van der Waals surface area contributed by atoms with Gasteiger partial charge in [-0.3, -0.25) is 0 Å². The lowest BCUT2D eigenvalue weighted by Crippen LogP contribution is -2.23. The van der Waals surface area contributed by atoms with E-state index in [0.29, 0.717) is 10.9 Å². The van der Waals surface area contributed by atoms with Gasteiger partial charge in [0.2, 0.25) is 0 Å². The van der Waals surface area contributed by atoms with Crippen molar-refractivity contribution in [2.45, 2.75) is 12.8 Å². The highest BCUT2D eigenvalue weighted by atomic mass is 35.5. The van der Waals surface area contributed by atoms with Crippen LogP contribution >= 0.6 is 11.6 Å². The lowest BCUT2D eigenvalue weighted by atomic mass is 10.0. The zero-order valence-corrected chi connectivity index (χ0v) is 11.9. The molecule has 1 aliphatic rings. The first-order valence-corrected chi connectivity index (χ1v) is 7.17. The van der Waals surface area contributed by atoms with E-state index in [1.165, 1.54) is 6.33 Å². The molecule has 3 rings (SSSR count). The Bertz CT molecular complexity index is 552. The van der Waals surface area contributed by atoms with Gasteiger partial charge in [0, 0.05) is 19.8 Å². The van der Waals surface area contributed by atoms with Crippen molar-refractivity contribution < 1.29 is 4.74 Å². The first-order valence-electron chi connectivity index (χ1n) is 6.80. The molecule has 0 saturated carbocycles. The van der Waals surface area contributed by atoms with E-state index in [4.69, 9.17) is 16.3 Å². The van der Waals surface area contributed by atoms with E-state index in [1.54, 1.807) is 11.0 Å². The van der Waals surface area contributed by atoms with Gasteiger partial charge in [-0.2, -0.15) is 5.10 Å². The zero-order valence-electron chi connectivity index (χ0n) is 11.1. The summed E-state index contributed by atoms with van der Waals surface area (Å²) in [5.74, 6) is 0.645. The average molecular weight is 293 g/mol. The van der Waals surface area contributed by atoms with Crippen molar-refractivity contribution in [1.29, 1.82) is 0 Å². The minimum Gasteiger partial charge on any atom is -0.383 e. The Morgan fingerprint density at radius 2 is 2.20 bits per heavy atom. The van der Waals surface area contributed by atoms with Gasteiger partial charge in [-0.25, -0.2) is 9.67 Å². The van der Waals surface area contributed by atoms with Crippen LogP contribution in [0.25, 0.3) is 5.69 Å². The molecule has 106 valence electrons. The Labute approximate surface area is 122 Å². The van der Waals surface area contributed by atoms with E-state index >= 15 is 0 Å². The SMILES string of the molecule is Clc1cccc(NCC2CCOCC2)c1-n1cncn1. The molecule has 0 unspecified atom stereocenters. The van der Waals surface area contributed by atoms with Gasteiger partial charge in [0.15, 0.2) is 0 Å². The Morgan fingerprint density at radius 1 is 1.35 bits per heavy atom. The number of anilines is 1. The predicted molar refractivity (Wildman–Crippen MR) is 78.4 cm³/mol. The highest BCUT2D eigenvalue weighted by Crippen LogP contribution is 2.28. The number of para-hydroxylation sites is 1. The maximum atomic E-state index is 6.29. The molecule has 1 aliphatic heterocycles. The molecule has 6 heteroatoms. The van der Waals surface area contributed by atoms with Crippen molar-refractivity contribution in [3.05, 3.63) is 35.9 Å². The van der Waals surface area contributed by atoms with Gasteiger partial charge < -0.3 is 10.1 Å². The van der Waals surface area contributed by atoms with Gasteiger partial charge in [-0.05, 0) is 30.9 Å². The summed E-state index contributed by atoms with van der Waals surface area (Å²) in [6.07, 6.45) is 5.37. The largest absolute Gasteiger partial charge is 0.383 e. The fraction of sp³-hybridized carbons (Fsp3) is 0.429. The van der Waals surface area contributed by atoms with Crippen molar-refractivity contribution in [3.8, 4) is 5.69 Å². The minimum atomic E-state index is 0.645. The van der Waals surface area contributed by atoms with E-state index < -0.39 is 0 Å². The van der Waals surface area contributed by atoms with Crippen molar-refractivity contribution in [2.75, 3.05) is 25.1 Å². The fourth-order valence-corrected chi connectivity index (χ4v) is 2.68. The standard InChI is InChI=1S/C14H17ClN4O/c15-12-2-1-3-13(14(12)19-10-16-9-18-19)17-8-11-4-6-20-7-5-11/h1-3,9-11,17H,4-8H2. The minimum absolute atomic E-state index is 0.645. The molecular weight excluding hydrogens is 276 g/mol. The van der Waals surface area contributed by atoms with E-state index in [0.717, 1.165) is 44.0 Å². The molecule has 5 nitrogen and oxygen atoms in total. The first-order chi connectivity index (χ1) is 9.84. The Hall–Kier alpha value is -1.59. The number of halogens is 1. The molecular formula is C14H17ClN4O. The summed E-state index contributed by atoms with van der Waals surface area (Å²) < 4.78 is 7.07. The Balaban J connectivity index is 1.77. The Kier molecular flexibility index (Phi) is 4.18. The normalized spacial score (nSPS) is 16.2. The highest BCUT2D eigenvalue weighted by Gasteiger charge is 2.15. The number of hydrogen-bond donors (Lipinski definition) is 1. The van der Waals surface area contributed by atoms with Crippen molar-refractivity contribution >= 4 is 17.3 Å². The van der Waals surface area contributed by atoms with E-state index in [1.807, 2.05) is 18.2 Å². The fourth-order valence-electron chi connectivity index (χ4n) is 2.42. The number of aromatic nitrogens is 3. The molecule has 1 aromatic carbocycles. The molecule has 0 spiro atoms. The average Bonchev–Trinajstić information content (AvgIpc) is 3.00. The number of ether oxygens (including phenoxy) is 1. The number of rotatable bonds is 4. The second-order valence-electron chi connectivity index (χ2n) is 4.91. The molecule has 0 amide bonds. The summed E-state index contributed by atoms with van der Waals surface area (Å²) in [5, 5.41) is 8.31. The van der Waals surface area contributed by atoms with E-state index in [-0.39, 0.29) is 0 Å². The molecule has 2 heterocycles. The topological polar surface area (TPSA) is 52.0 Å². The molecule has 0 aliphatic carbocycles. The summed E-state index contributed by atoms with van der Waals surface area (Å²) >= 11 is 6.29. The highest BCUT2D eigenvalue weighted by molar-refractivity contribution is 6.33. The molecule has 1 saturated heterocycles. The van der Waals surface area contributed by atoms with Crippen LogP contribution in [-0.4, -0.2) is 34.5 Å². The number of nitrogens with zero attached hydrogens (tertiary/aromatic N) is 3. The molecule has 2 aromatic rings. The lowest BCUT2D eigenvalue weighted by molar-refractivity contribution is 0.0699. The van der Waals surface area contributed by atoms with Crippen molar-refractivity contribution in [1.82, 2.24) is 14.8 Å². The van der Waals surface area contributed by atoms with Crippen LogP contribution in [-0.2, 0) is 4.74 Å². The van der Waals surface area contributed by atoms with Crippen molar-refractivity contribution in [3.63, 3.8) is 0 Å². The van der Waals surface area contributed by atoms with Crippen LogP contribution in [0.5, 0.6) is 0 Å². The number of hydrogen-bond acceptors (Lipinski definition) is 4. The van der Waals surface area contributed by atoms with Crippen LogP contribution in [0.1, 0.15) is 12.8 Å². The number of benzene rings is 1. The van der Waals surface area contributed by atoms with Gasteiger partial charge in [0.1, 0.15) is 18.3 Å². The third-order valence-corrected chi connectivity index (χ3v) is 3.86. The summed E-state index contributed by atoms with van der Waals surface area (Å²) in [7, 11) is 0. The summed E-state index contributed by atoms with van der Waals surface area (Å²) in [6.45, 7) is 2.64. The third-order valence-electron chi connectivity index (χ3n) is 3.56. The maximum absolute atomic E-state index is 6.29. The predicted octanol–water partition coefficient (Wildman–Crippen LogP) is 2.76. The van der Waals surface area contributed by atoms with Crippen LogP contribution in [0.4, 0.5) is 5.69 Å². The molecule has 0 bridgehead atoms. The van der Waals surface area contributed by atoms with Crippen LogP contribution in [0.2, 0.25) is 5.02 Å². The molecule has 1 N–H and O–H groups in total. The van der Waals surface area contributed by atoms with Crippen molar-refractivity contribution in [2.24, 2.45) is 5.92 Å². The summed E-state index contributed by atoms with van der Waals surface area (Å²) in [4.78, 5) is 3.98. The monoisotopic (exact) mass is 292 g/mol. The second kappa shape index (κ2) is 6.24. The molecule has 0 atom stereocenters. The summed E-state index contributed by atoms with van der Waals surface area (Å²) in [5.41, 5.74) is 1.83. The second-order valence-corrected chi connectivity index (χ2v) is 5.32. The molecule has 1 aromatic heterocycles. The van der Waals surface area contributed by atoms with Gasteiger partial charge in [-0.1, -0.05) is 17.7 Å². The van der Waals surface area contributed by atoms with Gasteiger partial charge in [-0.15, -0.1) is 0 Å². The van der Waals surface area contributed by atoms with Crippen LogP contribution in [0, 0.1) is 5.92 Å². The molecule has 20 heavy (non-hydrogen) atoms. The van der Waals surface area contributed by atoms with E-state index in [9.17, 15) is 0 Å². The molecule has 0 radical (unpaired) electrons. The van der Waals surface area contributed by atoms with Crippen LogP contribution in [0.15, 0.2) is 30.9 Å². The van der Waals surface area contributed by atoms with Gasteiger partial charge in [0.25, 0.3) is 0 Å². The quantitative estimate of drug-likeness (QED) is 0.941. The maximum Gasteiger partial charge on any atom is 0.138 e. The molecule has 1 fully saturated rings. The van der Waals surface area contributed by atoms with Gasteiger partial charge >= 0.3 is 0 Å². The third kappa shape index (κ3) is 2.94. The first kappa shape index (κ1) is 13.4. The lowest BCUT2D eigenvalue weighted by Gasteiger charge is -2.23. The number of nitrogens with one attached hydrogen (secondary N) is 1.